The largest absolute Gasteiger partial charge is 0.376 e. The SMILES string of the molecule is Cc1ccc(N2B3c4cc5c(cc4-n4c6c3c(cc(-c3ccc(-c7ccccc7)cc3)c6c3ccc6ccccc6c34)-c3cc4c(cc32)C(C)(C)CCC4(C)C)C(C)(C)CCC5(C)C)cc1. The van der Waals surface area contributed by atoms with E-state index in [4.69, 9.17) is 0 Å². The molecule has 2 aliphatic heterocycles. The first-order valence-electron chi connectivity index (χ1n) is 24.5. The van der Waals surface area contributed by atoms with Crippen molar-refractivity contribution in [3.8, 4) is 39.1 Å². The van der Waals surface area contributed by atoms with Gasteiger partial charge in [0.25, 0.3) is 0 Å². The van der Waals surface area contributed by atoms with Crippen molar-refractivity contribution in [3.05, 3.63) is 173 Å². The Labute approximate surface area is 391 Å². The number of anilines is 2. The Kier molecular flexibility index (Phi) is 8.13. The number of rotatable bonds is 3. The van der Waals surface area contributed by atoms with Crippen LogP contribution in [0.1, 0.15) is 109 Å². The van der Waals surface area contributed by atoms with Gasteiger partial charge in [0.2, 0.25) is 0 Å². The van der Waals surface area contributed by atoms with E-state index < -0.39 is 0 Å². The highest BCUT2D eigenvalue weighted by atomic mass is 15.1. The minimum atomic E-state index is -0.0470. The van der Waals surface area contributed by atoms with Crippen LogP contribution in [-0.2, 0) is 21.7 Å². The molecule has 8 aromatic carbocycles. The van der Waals surface area contributed by atoms with Crippen molar-refractivity contribution in [3.63, 3.8) is 0 Å². The smallest absolute Gasteiger partial charge is 0.333 e. The van der Waals surface area contributed by atoms with Gasteiger partial charge in [-0.15, -0.1) is 0 Å². The van der Waals surface area contributed by atoms with Gasteiger partial charge in [-0.3, -0.25) is 0 Å². The Hall–Kier alpha value is -6.32. The molecule has 0 unspecified atom stereocenters. The molecule has 324 valence electrons. The molecule has 2 nitrogen and oxygen atoms in total. The summed E-state index contributed by atoms with van der Waals surface area (Å²) in [4.78, 5) is 2.77. The molecule has 0 saturated carbocycles. The van der Waals surface area contributed by atoms with E-state index in [0.29, 0.717) is 0 Å². The molecular formula is C63H59BN2. The molecule has 4 aliphatic rings. The summed E-state index contributed by atoms with van der Waals surface area (Å²) in [5.41, 5.74) is 24.7. The lowest BCUT2D eigenvalue weighted by atomic mass is 9.43. The maximum absolute atomic E-state index is 2.77. The van der Waals surface area contributed by atoms with E-state index in [-0.39, 0.29) is 28.5 Å². The van der Waals surface area contributed by atoms with Gasteiger partial charge in [0.1, 0.15) is 0 Å². The minimum Gasteiger partial charge on any atom is -0.376 e. The highest BCUT2D eigenvalue weighted by Crippen LogP contribution is 2.55. The Morgan fingerprint density at radius 2 is 1.00 bits per heavy atom. The maximum Gasteiger partial charge on any atom is 0.333 e. The van der Waals surface area contributed by atoms with Crippen LogP contribution in [0.5, 0.6) is 0 Å². The van der Waals surface area contributed by atoms with Crippen LogP contribution < -0.4 is 15.7 Å². The zero-order chi connectivity index (χ0) is 45.2. The summed E-state index contributed by atoms with van der Waals surface area (Å²) in [5.74, 6) is 0. The zero-order valence-electron chi connectivity index (χ0n) is 40.2. The lowest BCUT2D eigenvalue weighted by Crippen LogP contribution is -2.61. The van der Waals surface area contributed by atoms with E-state index in [2.05, 4.69) is 217 Å². The quantitative estimate of drug-likeness (QED) is 0.161. The van der Waals surface area contributed by atoms with Gasteiger partial charge < -0.3 is 9.38 Å². The predicted molar refractivity (Wildman–Crippen MR) is 284 cm³/mol. The van der Waals surface area contributed by atoms with Gasteiger partial charge >= 0.3 is 6.85 Å². The number of aryl methyl sites for hydroxylation is 1. The van der Waals surface area contributed by atoms with Crippen LogP contribution in [0, 0.1) is 6.92 Å². The van der Waals surface area contributed by atoms with Crippen molar-refractivity contribution in [2.45, 2.75) is 110 Å². The average Bonchev–Trinajstić information content (AvgIpc) is 3.68. The van der Waals surface area contributed by atoms with Crippen molar-refractivity contribution in [1.82, 2.24) is 4.57 Å². The number of aromatic nitrogens is 1. The van der Waals surface area contributed by atoms with Gasteiger partial charge in [-0.25, -0.2) is 0 Å². The lowest BCUT2D eigenvalue weighted by Gasteiger charge is -2.47. The number of benzene rings is 8. The molecule has 3 heteroatoms. The lowest BCUT2D eigenvalue weighted by molar-refractivity contribution is 0.332. The van der Waals surface area contributed by atoms with Gasteiger partial charge in [0.05, 0.1) is 11.0 Å². The Morgan fingerprint density at radius 3 is 1.67 bits per heavy atom. The van der Waals surface area contributed by atoms with Gasteiger partial charge in [0, 0.05) is 38.8 Å². The van der Waals surface area contributed by atoms with Crippen LogP contribution in [0.2, 0.25) is 0 Å². The van der Waals surface area contributed by atoms with Gasteiger partial charge in [0.15, 0.2) is 0 Å². The highest BCUT2D eigenvalue weighted by Gasteiger charge is 2.49. The summed E-state index contributed by atoms with van der Waals surface area (Å²) in [6, 6.07) is 56.8. The van der Waals surface area contributed by atoms with Crippen LogP contribution in [0.4, 0.5) is 11.4 Å². The van der Waals surface area contributed by atoms with Crippen LogP contribution in [0.15, 0.2) is 146 Å². The van der Waals surface area contributed by atoms with Crippen molar-refractivity contribution >= 4 is 61.7 Å². The molecule has 0 amide bonds. The molecule has 13 rings (SSSR count). The van der Waals surface area contributed by atoms with Crippen LogP contribution in [-0.4, -0.2) is 11.4 Å². The fourth-order valence-electron chi connectivity index (χ4n) is 13.0. The summed E-state index contributed by atoms with van der Waals surface area (Å²) in [5, 5.41) is 5.25. The first kappa shape index (κ1) is 40.0. The summed E-state index contributed by atoms with van der Waals surface area (Å²) in [6.45, 7) is 22.1. The molecule has 0 saturated heterocycles. The third-order valence-corrected chi connectivity index (χ3v) is 17.2. The van der Waals surface area contributed by atoms with Crippen molar-refractivity contribution in [1.29, 1.82) is 0 Å². The van der Waals surface area contributed by atoms with E-state index in [0.717, 1.165) is 0 Å². The van der Waals surface area contributed by atoms with Gasteiger partial charge in [-0.2, -0.15) is 0 Å². The second kappa shape index (κ2) is 13.4. The van der Waals surface area contributed by atoms with Crippen LogP contribution >= 0.6 is 0 Å². The molecule has 2 aliphatic carbocycles. The van der Waals surface area contributed by atoms with E-state index in [1.54, 1.807) is 0 Å². The molecule has 0 spiro atoms. The topological polar surface area (TPSA) is 8.17 Å². The van der Waals surface area contributed by atoms with Crippen molar-refractivity contribution in [2.24, 2.45) is 0 Å². The second-order valence-corrected chi connectivity index (χ2v) is 23.1. The summed E-state index contributed by atoms with van der Waals surface area (Å²) in [6.07, 6.45) is 4.69. The van der Waals surface area contributed by atoms with Crippen molar-refractivity contribution in [2.75, 3.05) is 4.81 Å². The van der Waals surface area contributed by atoms with Crippen LogP contribution in [0.25, 0.3) is 71.6 Å². The average molecular weight is 855 g/mol. The highest BCUT2D eigenvalue weighted by molar-refractivity contribution is 6.93. The molecule has 0 fully saturated rings. The molecule has 66 heavy (non-hydrogen) atoms. The molecule has 0 atom stereocenters. The first-order chi connectivity index (χ1) is 31.6. The molecule has 0 radical (unpaired) electrons. The van der Waals surface area contributed by atoms with Gasteiger partial charge in [-0.05, 0) is 157 Å². The van der Waals surface area contributed by atoms with Crippen molar-refractivity contribution < 1.29 is 0 Å². The molecular weight excluding hydrogens is 796 g/mol. The van der Waals surface area contributed by atoms with E-state index in [1.807, 2.05) is 0 Å². The predicted octanol–water partition coefficient (Wildman–Crippen LogP) is 15.5. The number of hydrogen-bond acceptors (Lipinski definition) is 1. The first-order valence-corrected chi connectivity index (χ1v) is 24.5. The molecule has 0 bridgehead atoms. The summed E-state index contributed by atoms with van der Waals surface area (Å²) in [7, 11) is 0. The third-order valence-electron chi connectivity index (χ3n) is 17.2. The van der Waals surface area contributed by atoms with E-state index >= 15 is 0 Å². The molecule has 0 N–H and O–H groups in total. The molecule has 1 aromatic heterocycles. The fraction of sp³-hybridized carbons (Fsp3) is 0.270. The number of fused-ring (bicyclic) bond motifs is 12. The summed E-state index contributed by atoms with van der Waals surface area (Å²) >= 11 is 0. The molecule has 9 aromatic rings. The summed E-state index contributed by atoms with van der Waals surface area (Å²) < 4.78 is 2.75. The Balaban J connectivity index is 1.25. The number of hydrogen-bond donors (Lipinski definition) is 0. The normalized spacial score (nSPS) is 18.0. The van der Waals surface area contributed by atoms with Crippen LogP contribution in [0.3, 0.4) is 0 Å². The maximum atomic E-state index is 2.77. The second-order valence-electron chi connectivity index (χ2n) is 23.1. The minimum absolute atomic E-state index is 0.0467. The Bertz CT molecular complexity index is 3530. The monoisotopic (exact) mass is 854 g/mol. The fourth-order valence-corrected chi connectivity index (χ4v) is 13.0. The van der Waals surface area contributed by atoms with E-state index in [9.17, 15) is 0 Å². The Morgan fingerprint density at radius 1 is 0.439 bits per heavy atom. The standard InChI is InChI=1S/C63H59BN2/c1-38-19-26-43(27-20-38)66-54-36-51-49(60(2,3)29-31-62(51,6)7)34-47(54)48-33-46(42-23-21-40(22-24-42)39-15-11-10-12-16-39)56-45-28-25-41-17-13-14-18-44(41)58(45)65-55-37-52-50(61(4,5)30-32-63(52,8)9)35-53(55)64(66)57(48)59(56)65/h10-28,33-37H,29-32H2,1-9H3. The zero-order valence-corrected chi connectivity index (χ0v) is 40.2. The third kappa shape index (κ3) is 5.49. The van der Waals surface area contributed by atoms with Gasteiger partial charge in [-0.1, -0.05) is 170 Å². The number of nitrogens with zero attached hydrogens (tertiary/aromatic N) is 2. The van der Waals surface area contributed by atoms with E-state index in [1.165, 1.54) is 147 Å². The molecule has 3 heterocycles.